The summed E-state index contributed by atoms with van der Waals surface area (Å²) >= 11 is 0. The van der Waals surface area contributed by atoms with Crippen molar-refractivity contribution in [3.8, 4) is 11.3 Å². The van der Waals surface area contributed by atoms with Gasteiger partial charge in [-0.25, -0.2) is 0 Å². The van der Waals surface area contributed by atoms with Crippen LogP contribution in [-0.4, -0.2) is 11.3 Å². The molecule has 4 rings (SSSR count). The first-order valence-electron chi connectivity index (χ1n) is 7.83. The number of aromatic nitrogens is 1. The van der Waals surface area contributed by atoms with E-state index in [4.69, 9.17) is 0 Å². The SMILES string of the molecule is C=[N+](/C=C\C)C1=CCC2c3ccccc3-c3cccc[n+]3C12. The lowest BCUT2D eigenvalue weighted by molar-refractivity contribution is -0.722. The van der Waals surface area contributed by atoms with Gasteiger partial charge in [-0.05, 0) is 43.2 Å². The molecule has 2 heterocycles. The van der Waals surface area contributed by atoms with E-state index in [0.29, 0.717) is 12.0 Å². The Kier molecular flexibility index (Phi) is 3.04. The van der Waals surface area contributed by atoms with Crippen LogP contribution in [0.4, 0.5) is 0 Å². The van der Waals surface area contributed by atoms with Crippen molar-refractivity contribution < 1.29 is 9.14 Å². The van der Waals surface area contributed by atoms with Crippen LogP contribution >= 0.6 is 0 Å². The molecular formula is C20H20N2+2. The number of rotatable bonds is 2. The topological polar surface area (TPSA) is 6.89 Å². The molecule has 0 amide bonds. The molecule has 2 aliphatic rings. The fourth-order valence-corrected chi connectivity index (χ4v) is 3.87. The lowest BCUT2D eigenvalue weighted by atomic mass is 9.83. The van der Waals surface area contributed by atoms with Crippen molar-refractivity contribution in [2.45, 2.75) is 25.3 Å². The van der Waals surface area contributed by atoms with E-state index in [2.05, 4.69) is 66.0 Å². The van der Waals surface area contributed by atoms with Gasteiger partial charge >= 0.3 is 0 Å². The fraction of sp³-hybridized carbons (Fsp3) is 0.200. The van der Waals surface area contributed by atoms with Crippen LogP contribution in [0, 0.1) is 0 Å². The number of hydrogen-bond donors (Lipinski definition) is 0. The van der Waals surface area contributed by atoms with Crippen LogP contribution < -0.4 is 4.57 Å². The molecule has 0 saturated heterocycles. The second kappa shape index (κ2) is 5.06. The Labute approximate surface area is 131 Å². The number of allylic oxidation sites excluding steroid dienone is 3. The van der Waals surface area contributed by atoms with Crippen LogP contribution in [0.5, 0.6) is 0 Å². The standard InChI is InChI=1S/C20H20N2/c1-3-13-21(2)19-12-11-17-15-8-4-5-9-16(15)18-10-6-7-14-22(18)20(17)19/h3-10,12-14,17,20H,2,11H2,1H3/q+2/b13-3-. The highest BCUT2D eigenvalue weighted by Gasteiger charge is 2.48. The van der Waals surface area contributed by atoms with Crippen LogP contribution in [0.15, 0.2) is 72.7 Å². The Morgan fingerprint density at radius 2 is 2.00 bits per heavy atom. The summed E-state index contributed by atoms with van der Waals surface area (Å²) in [5.41, 5.74) is 5.40. The molecule has 2 atom stereocenters. The van der Waals surface area contributed by atoms with Crippen LogP contribution in [0.25, 0.3) is 11.3 Å². The third-order valence-corrected chi connectivity index (χ3v) is 4.75. The van der Waals surface area contributed by atoms with Gasteiger partial charge in [0.25, 0.3) is 5.70 Å². The second-order valence-electron chi connectivity index (χ2n) is 5.95. The van der Waals surface area contributed by atoms with E-state index in [1.54, 1.807) is 0 Å². The zero-order valence-electron chi connectivity index (χ0n) is 12.8. The number of fused-ring (bicyclic) bond motifs is 6. The van der Waals surface area contributed by atoms with Gasteiger partial charge in [0.05, 0.1) is 5.92 Å². The van der Waals surface area contributed by atoms with Crippen molar-refractivity contribution in [1.29, 1.82) is 0 Å². The predicted molar refractivity (Wildman–Crippen MR) is 88.7 cm³/mol. The first-order valence-corrected chi connectivity index (χ1v) is 7.83. The van der Waals surface area contributed by atoms with Crippen LogP contribution in [0.1, 0.15) is 30.9 Å². The van der Waals surface area contributed by atoms with Gasteiger partial charge in [-0.2, -0.15) is 9.14 Å². The van der Waals surface area contributed by atoms with Crippen molar-refractivity contribution in [3.05, 3.63) is 78.3 Å². The Morgan fingerprint density at radius 1 is 1.18 bits per heavy atom. The van der Waals surface area contributed by atoms with E-state index in [9.17, 15) is 0 Å². The second-order valence-corrected chi connectivity index (χ2v) is 5.95. The molecule has 2 aromatic rings. The van der Waals surface area contributed by atoms with E-state index < -0.39 is 0 Å². The summed E-state index contributed by atoms with van der Waals surface area (Å²) in [6.45, 7) is 6.22. The fourth-order valence-electron chi connectivity index (χ4n) is 3.87. The Balaban J connectivity index is 1.91. The van der Waals surface area contributed by atoms with Gasteiger partial charge in [0.1, 0.15) is 6.72 Å². The van der Waals surface area contributed by atoms with Crippen LogP contribution in [0.2, 0.25) is 0 Å². The molecule has 1 aromatic heterocycles. The quantitative estimate of drug-likeness (QED) is 0.586. The van der Waals surface area contributed by atoms with Crippen molar-refractivity contribution >= 4 is 6.72 Å². The Hall–Kier alpha value is -2.48. The highest BCUT2D eigenvalue weighted by molar-refractivity contribution is 5.64. The molecule has 1 aromatic carbocycles. The maximum atomic E-state index is 4.19. The average molecular weight is 288 g/mol. The Bertz CT molecular complexity index is 814. The molecule has 0 spiro atoms. The molecule has 2 nitrogen and oxygen atoms in total. The summed E-state index contributed by atoms with van der Waals surface area (Å²) in [7, 11) is 0. The number of benzene rings is 1. The minimum atomic E-state index is 0.333. The van der Waals surface area contributed by atoms with Crippen LogP contribution in [0.3, 0.4) is 0 Å². The van der Waals surface area contributed by atoms with E-state index in [1.165, 1.54) is 22.5 Å². The molecule has 0 saturated carbocycles. The molecular weight excluding hydrogens is 268 g/mol. The largest absolute Gasteiger partial charge is 0.252 e. The molecule has 0 radical (unpaired) electrons. The minimum Gasteiger partial charge on any atom is -0.184 e. The summed E-state index contributed by atoms with van der Waals surface area (Å²) in [5.74, 6) is 0.501. The summed E-state index contributed by atoms with van der Waals surface area (Å²) in [6.07, 6.45) is 9.69. The van der Waals surface area contributed by atoms with Crippen LogP contribution in [-0.2, 0) is 0 Å². The number of pyridine rings is 1. The van der Waals surface area contributed by atoms with Crippen molar-refractivity contribution in [2.75, 3.05) is 0 Å². The molecule has 22 heavy (non-hydrogen) atoms. The van der Waals surface area contributed by atoms with Crippen molar-refractivity contribution in [2.24, 2.45) is 0 Å². The molecule has 108 valence electrons. The first kappa shape index (κ1) is 13.2. The minimum absolute atomic E-state index is 0.333. The van der Waals surface area contributed by atoms with Gasteiger partial charge < -0.3 is 0 Å². The third-order valence-electron chi connectivity index (χ3n) is 4.75. The molecule has 0 fully saturated rings. The summed E-state index contributed by atoms with van der Waals surface area (Å²) in [5, 5.41) is 0. The van der Waals surface area contributed by atoms with Gasteiger partial charge in [-0.15, -0.1) is 0 Å². The number of hydrogen-bond acceptors (Lipinski definition) is 0. The highest BCUT2D eigenvalue weighted by Crippen LogP contribution is 2.46. The highest BCUT2D eigenvalue weighted by atomic mass is 15.1. The maximum Gasteiger partial charge on any atom is 0.252 e. The van der Waals surface area contributed by atoms with E-state index in [0.717, 1.165) is 6.42 Å². The van der Waals surface area contributed by atoms with Gasteiger partial charge in [0.2, 0.25) is 11.7 Å². The maximum absolute atomic E-state index is 4.19. The normalized spacial score (nSPS) is 22.0. The molecule has 2 unspecified atom stereocenters. The van der Waals surface area contributed by atoms with Crippen molar-refractivity contribution in [3.63, 3.8) is 0 Å². The zero-order valence-corrected chi connectivity index (χ0v) is 12.8. The van der Waals surface area contributed by atoms with Gasteiger partial charge in [-0.3, -0.25) is 0 Å². The zero-order chi connectivity index (χ0) is 15.1. The summed E-state index contributed by atoms with van der Waals surface area (Å²) in [4.78, 5) is 0. The van der Waals surface area contributed by atoms with E-state index in [-0.39, 0.29) is 0 Å². The Morgan fingerprint density at radius 3 is 2.86 bits per heavy atom. The smallest absolute Gasteiger partial charge is 0.184 e. The molecule has 0 bridgehead atoms. The van der Waals surface area contributed by atoms with E-state index in [1.807, 2.05) is 23.8 Å². The molecule has 1 aliphatic heterocycles. The molecule has 1 aliphatic carbocycles. The monoisotopic (exact) mass is 288 g/mol. The van der Waals surface area contributed by atoms with Gasteiger partial charge in [0.15, 0.2) is 12.4 Å². The van der Waals surface area contributed by atoms with Gasteiger partial charge in [0, 0.05) is 17.7 Å². The molecule has 0 N–H and O–H groups in total. The summed E-state index contributed by atoms with van der Waals surface area (Å²) in [6, 6.07) is 15.6. The predicted octanol–water partition coefficient (Wildman–Crippen LogP) is 3.81. The third kappa shape index (κ3) is 1.80. The molecule has 2 heteroatoms. The number of nitrogens with zero attached hydrogens (tertiary/aromatic N) is 2. The lowest BCUT2D eigenvalue weighted by Gasteiger charge is -2.25. The summed E-state index contributed by atoms with van der Waals surface area (Å²) < 4.78 is 4.43. The first-order chi connectivity index (χ1) is 10.8. The van der Waals surface area contributed by atoms with Gasteiger partial charge in [-0.1, -0.05) is 18.2 Å². The van der Waals surface area contributed by atoms with E-state index >= 15 is 0 Å². The average Bonchev–Trinajstić information content (AvgIpc) is 3.01. The van der Waals surface area contributed by atoms with Crippen molar-refractivity contribution in [1.82, 2.24) is 0 Å². The lowest BCUT2D eigenvalue weighted by Crippen LogP contribution is -2.47.